The summed E-state index contributed by atoms with van der Waals surface area (Å²) in [5, 5.41) is 2.39. The fourth-order valence-corrected chi connectivity index (χ4v) is 1.68. The summed E-state index contributed by atoms with van der Waals surface area (Å²) >= 11 is 0. The molecule has 6 heteroatoms. The van der Waals surface area contributed by atoms with Crippen molar-refractivity contribution in [2.45, 2.75) is 6.92 Å². The summed E-state index contributed by atoms with van der Waals surface area (Å²) in [4.78, 5) is 22.9. The van der Waals surface area contributed by atoms with Gasteiger partial charge in [-0.15, -0.1) is 0 Å². The van der Waals surface area contributed by atoms with E-state index in [0.717, 1.165) is 6.07 Å². The van der Waals surface area contributed by atoms with Gasteiger partial charge in [0, 0.05) is 11.1 Å². The van der Waals surface area contributed by atoms with Crippen LogP contribution in [0.15, 0.2) is 42.5 Å². The number of benzene rings is 2. The summed E-state index contributed by atoms with van der Waals surface area (Å²) in [6, 6.07) is 10.7. The number of nitrogens with two attached hydrogens (primary N) is 1. The molecule has 0 bridgehead atoms. The zero-order valence-corrected chi connectivity index (χ0v) is 11.2. The van der Waals surface area contributed by atoms with E-state index in [4.69, 9.17) is 10.5 Å². The van der Waals surface area contributed by atoms with Gasteiger partial charge in [-0.1, -0.05) is 18.2 Å². The van der Waals surface area contributed by atoms with Crippen molar-refractivity contribution in [2.75, 3.05) is 5.32 Å². The van der Waals surface area contributed by atoms with E-state index in [9.17, 15) is 14.0 Å². The van der Waals surface area contributed by atoms with Crippen LogP contribution in [0.2, 0.25) is 0 Å². The minimum Gasteiger partial charge on any atom is -0.410 e. The minimum atomic E-state index is -0.787. The Bertz CT molecular complexity index is 687. The Morgan fingerprint density at radius 2 is 1.86 bits per heavy atom. The summed E-state index contributed by atoms with van der Waals surface area (Å²) < 4.78 is 18.7. The van der Waals surface area contributed by atoms with E-state index in [1.54, 1.807) is 30.3 Å². The Morgan fingerprint density at radius 1 is 1.19 bits per heavy atom. The maximum atomic E-state index is 13.7. The van der Waals surface area contributed by atoms with Crippen LogP contribution in [0.25, 0.3) is 0 Å². The van der Waals surface area contributed by atoms with E-state index in [2.05, 4.69) is 5.32 Å². The number of para-hydroxylation sites is 1. The van der Waals surface area contributed by atoms with Crippen LogP contribution < -0.4 is 15.8 Å². The van der Waals surface area contributed by atoms with E-state index >= 15 is 0 Å². The fourth-order valence-electron chi connectivity index (χ4n) is 1.68. The van der Waals surface area contributed by atoms with Crippen molar-refractivity contribution < 1.29 is 18.7 Å². The van der Waals surface area contributed by atoms with E-state index in [1.165, 1.54) is 13.0 Å². The standard InChI is InChI=1S/C15H13FN2O3/c1-9-12(16)7-10(14(17)19)8-13(9)18-15(20)21-11-5-3-2-4-6-11/h2-8H,1H3,(H2,17,19)(H,18,20). The topological polar surface area (TPSA) is 81.4 Å². The Labute approximate surface area is 120 Å². The zero-order chi connectivity index (χ0) is 15.4. The van der Waals surface area contributed by atoms with Gasteiger partial charge in [-0.2, -0.15) is 0 Å². The molecule has 5 nitrogen and oxygen atoms in total. The van der Waals surface area contributed by atoms with E-state index < -0.39 is 17.8 Å². The lowest BCUT2D eigenvalue weighted by atomic mass is 10.1. The number of amides is 2. The van der Waals surface area contributed by atoms with Gasteiger partial charge < -0.3 is 10.5 Å². The van der Waals surface area contributed by atoms with Crippen LogP contribution in [0.4, 0.5) is 14.9 Å². The molecule has 0 saturated carbocycles. The van der Waals surface area contributed by atoms with Crippen LogP contribution in [0.1, 0.15) is 15.9 Å². The lowest BCUT2D eigenvalue weighted by Gasteiger charge is -2.11. The monoisotopic (exact) mass is 288 g/mol. The quantitative estimate of drug-likeness (QED) is 0.911. The number of carbonyl (C=O) groups excluding carboxylic acids is 2. The smallest absolute Gasteiger partial charge is 0.410 e. The van der Waals surface area contributed by atoms with Gasteiger partial charge >= 0.3 is 6.09 Å². The molecule has 0 spiro atoms. The third-order valence-electron chi connectivity index (χ3n) is 2.82. The molecule has 0 fully saturated rings. The predicted molar refractivity (Wildman–Crippen MR) is 75.7 cm³/mol. The van der Waals surface area contributed by atoms with Crippen LogP contribution in [0.5, 0.6) is 5.75 Å². The number of hydrogen-bond donors (Lipinski definition) is 2. The SMILES string of the molecule is Cc1c(F)cc(C(N)=O)cc1NC(=O)Oc1ccccc1. The molecule has 3 N–H and O–H groups in total. The number of anilines is 1. The molecule has 21 heavy (non-hydrogen) atoms. The van der Waals surface area contributed by atoms with Crippen molar-refractivity contribution in [3.8, 4) is 5.75 Å². The van der Waals surface area contributed by atoms with Crippen molar-refractivity contribution in [3.63, 3.8) is 0 Å². The van der Waals surface area contributed by atoms with Crippen molar-refractivity contribution >= 4 is 17.7 Å². The molecule has 0 atom stereocenters. The largest absolute Gasteiger partial charge is 0.417 e. The number of nitrogens with one attached hydrogen (secondary N) is 1. The number of primary amides is 1. The van der Waals surface area contributed by atoms with Crippen LogP contribution in [-0.2, 0) is 0 Å². The first-order chi connectivity index (χ1) is 9.97. The van der Waals surface area contributed by atoms with Crippen molar-refractivity contribution in [1.29, 1.82) is 0 Å². The molecule has 0 saturated heterocycles. The number of rotatable bonds is 3. The lowest BCUT2D eigenvalue weighted by molar-refractivity contribution is 0.1000. The predicted octanol–water partition coefficient (Wildman–Crippen LogP) is 2.84. The molecule has 0 aliphatic rings. The third kappa shape index (κ3) is 3.56. The number of carbonyl (C=O) groups is 2. The number of halogens is 1. The second kappa shape index (κ2) is 6.04. The Morgan fingerprint density at radius 3 is 2.48 bits per heavy atom. The highest BCUT2D eigenvalue weighted by molar-refractivity contribution is 5.96. The molecule has 0 heterocycles. The summed E-state index contributed by atoms with van der Waals surface area (Å²) in [6.45, 7) is 1.47. The van der Waals surface area contributed by atoms with Crippen molar-refractivity contribution in [3.05, 3.63) is 59.4 Å². The molecule has 2 rings (SSSR count). The number of hydrogen-bond acceptors (Lipinski definition) is 3. The van der Waals surface area contributed by atoms with Crippen LogP contribution in [-0.4, -0.2) is 12.0 Å². The van der Waals surface area contributed by atoms with Gasteiger partial charge in [-0.05, 0) is 31.2 Å². The van der Waals surface area contributed by atoms with Gasteiger partial charge in [0.1, 0.15) is 11.6 Å². The highest BCUT2D eigenvalue weighted by Crippen LogP contribution is 2.21. The third-order valence-corrected chi connectivity index (χ3v) is 2.82. The van der Waals surface area contributed by atoms with Gasteiger partial charge in [0.25, 0.3) is 0 Å². The summed E-state index contributed by atoms with van der Waals surface area (Å²) in [5.74, 6) is -1.08. The summed E-state index contributed by atoms with van der Waals surface area (Å²) in [5.41, 5.74) is 5.39. The Hall–Kier alpha value is -2.89. The maximum absolute atomic E-state index is 13.7. The van der Waals surface area contributed by atoms with Gasteiger partial charge in [0.2, 0.25) is 5.91 Å². The fraction of sp³-hybridized carbons (Fsp3) is 0.0667. The lowest BCUT2D eigenvalue weighted by Crippen LogP contribution is -2.19. The molecule has 0 unspecified atom stereocenters. The van der Waals surface area contributed by atoms with Gasteiger partial charge in [-0.3, -0.25) is 10.1 Å². The van der Waals surface area contributed by atoms with Crippen LogP contribution >= 0.6 is 0 Å². The first-order valence-corrected chi connectivity index (χ1v) is 6.11. The first kappa shape index (κ1) is 14.5. The summed E-state index contributed by atoms with van der Waals surface area (Å²) in [6.07, 6.45) is -0.787. The van der Waals surface area contributed by atoms with E-state index in [0.29, 0.717) is 5.75 Å². The molecule has 0 radical (unpaired) electrons. The van der Waals surface area contributed by atoms with Crippen LogP contribution in [0, 0.1) is 12.7 Å². The molecule has 0 aliphatic heterocycles. The summed E-state index contributed by atoms with van der Waals surface area (Å²) in [7, 11) is 0. The molecule has 0 aromatic heterocycles. The normalized spacial score (nSPS) is 10.0. The van der Waals surface area contributed by atoms with Crippen molar-refractivity contribution in [2.24, 2.45) is 5.73 Å². The van der Waals surface area contributed by atoms with Gasteiger partial charge in [0.05, 0.1) is 5.69 Å². The highest BCUT2D eigenvalue weighted by Gasteiger charge is 2.13. The second-order valence-electron chi connectivity index (χ2n) is 4.32. The average Bonchev–Trinajstić information content (AvgIpc) is 2.44. The van der Waals surface area contributed by atoms with Crippen LogP contribution in [0.3, 0.4) is 0 Å². The van der Waals surface area contributed by atoms with Gasteiger partial charge in [-0.25, -0.2) is 9.18 Å². The molecule has 0 aliphatic carbocycles. The Balaban J connectivity index is 2.19. The average molecular weight is 288 g/mol. The second-order valence-corrected chi connectivity index (χ2v) is 4.32. The maximum Gasteiger partial charge on any atom is 0.417 e. The van der Waals surface area contributed by atoms with Gasteiger partial charge in [0.15, 0.2) is 0 Å². The molecule has 2 aromatic rings. The molecular weight excluding hydrogens is 275 g/mol. The molecule has 108 valence electrons. The minimum absolute atomic E-state index is 0.0342. The highest BCUT2D eigenvalue weighted by atomic mass is 19.1. The zero-order valence-electron chi connectivity index (χ0n) is 11.2. The number of ether oxygens (including phenoxy) is 1. The van der Waals surface area contributed by atoms with E-state index in [-0.39, 0.29) is 16.8 Å². The van der Waals surface area contributed by atoms with E-state index in [1.807, 2.05) is 0 Å². The Kier molecular flexibility index (Phi) is 4.18. The molecule has 2 amide bonds. The first-order valence-electron chi connectivity index (χ1n) is 6.11. The molecular formula is C15H13FN2O3. The molecule has 2 aromatic carbocycles. The van der Waals surface area contributed by atoms with Crippen molar-refractivity contribution in [1.82, 2.24) is 0 Å².